The molecule has 16 heavy (non-hydrogen) atoms. The number of likely N-dealkylation sites (tertiary alicyclic amines) is 1. The zero-order chi connectivity index (χ0) is 12.1. The van der Waals surface area contributed by atoms with E-state index in [1.807, 2.05) is 0 Å². The van der Waals surface area contributed by atoms with Gasteiger partial charge in [-0.15, -0.1) is 0 Å². The highest BCUT2D eigenvalue weighted by Crippen LogP contribution is 2.24. The van der Waals surface area contributed by atoms with Gasteiger partial charge < -0.3 is 14.7 Å². The van der Waals surface area contributed by atoms with E-state index in [9.17, 15) is 9.59 Å². The smallest absolute Gasteiger partial charge is 0.410 e. The third-order valence-corrected chi connectivity index (χ3v) is 2.76. The molecule has 0 aromatic carbocycles. The standard InChI is InChI=1S/C11H17NO4/c1-3-4-16-11(15)12-6-9(8(2)14)5-10(12)7-13/h3,9-10,13H,1,4-7H2,2H3/t9?,10-/m0/s1. The molecule has 5 nitrogen and oxygen atoms in total. The number of amides is 1. The summed E-state index contributed by atoms with van der Waals surface area (Å²) in [5.74, 6) is -0.147. The first kappa shape index (κ1) is 12.7. The summed E-state index contributed by atoms with van der Waals surface area (Å²) in [5, 5.41) is 9.13. The van der Waals surface area contributed by atoms with Gasteiger partial charge in [0.1, 0.15) is 12.4 Å². The van der Waals surface area contributed by atoms with Gasteiger partial charge in [0.2, 0.25) is 0 Å². The lowest BCUT2D eigenvalue weighted by Crippen LogP contribution is -2.38. The number of nitrogens with zero attached hydrogens (tertiary/aromatic N) is 1. The molecule has 1 amide bonds. The second-order valence-corrected chi connectivity index (χ2v) is 3.90. The topological polar surface area (TPSA) is 66.8 Å². The average Bonchev–Trinajstić information content (AvgIpc) is 2.69. The van der Waals surface area contributed by atoms with Crippen molar-refractivity contribution < 1.29 is 19.4 Å². The van der Waals surface area contributed by atoms with Crippen molar-refractivity contribution in [1.82, 2.24) is 4.90 Å². The summed E-state index contributed by atoms with van der Waals surface area (Å²) in [6.07, 6.45) is 1.49. The number of aliphatic hydroxyl groups is 1. The van der Waals surface area contributed by atoms with Crippen LogP contribution in [0.2, 0.25) is 0 Å². The summed E-state index contributed by atoms with van der Waals surface area (Å²) in [4.78, 5) is 24.2. The lowest BCUT2D eigenvalue weighted by atomic mass is 10.0. The molecule has 1 N–H and O–H groups in total. The van der Waals surface area contributed by atoms with Crippen LogP contribution >= 0.6 is 0 Å². The summed E-state index contributed by atoms with van der Waals surface area (Å²) in [6.45, 7) is 5.26. The highest BCUT2D eigenvalue weighted by Gasteiger charge is 2.37. The minimum absolute atomic E-state index is 0.0393. The Morgan fingerprint density at radius 3 is 2.81 bits per heavy atom. The number of Topliss-reactive ketones (excluding diaryl/α,β-unsaturated/α-hetero) is 1. The number of aliphatic hydroxyl groups excluding tert-OH is 1. The molecule has 2 atom stereocenters. The van der Waals surface area contributed by atoms with Crippen LogP contribution in [0.3, 0.4) is 0 Å². The van der Waals surface area contributed by atoms with E-state index < -0.39 is 6.09 Å². The van der Waals surface area contributed by atoms with E-state index in [1.165, 1.54) is 17.9 Å². The highest BCUT2D eigenvalue weighted by molar-refractivity contribution is 5.80. The molecule has 1 heterocycles. The zero-order valence-electron chi connectivity index (χ0n) is 9.39. The van der Waals surface area contributed by atoms with Gasteiger partial charge in [-0.3, -0.25) is 4.79 Å². The predicted molar refractivity (Wildman–Crippen MR) is 57.9 cm³/mol. The van der Waals surface area contributed by atoms with Gasteiger partial charge in [-0.1, -0.05) is 12.7 Å². The van der Waals surface area contributed by atoms with Gasteiger partial charge in [-0.25, -0.2) is 4.79 Å². The van der Waals surface area contributed by atoms with Crippen LogP contribution in [-0.2, 0) is 9.53 Å². The number of rotatable bonds is 4. The Hall–Kier alpha value is -1.36. The number of carbonyl (C=O) groups excluding carboxylic acids is 2. The van der Waals surface area contributed by atoms with E-state index >= 15 is 0 Å². The van der Waals surface area contributed by atoms with E-state index in [-0.39, 0.29) is 31.0 Å². The summed E-state index contributed by atoms with van der Waals surface area (Å²) in [5.41, 5.74) is 0. The van der Waals surface area contributed by atoms with Crippen LogP contribution in [0, 0.1) is 5.92 Å². The third kappa shape index (κ3) is 2.82. The molecule has 0 aromatic rings. The fourth-order valence-corrected chi connectivity index (χ4v) is 1.82. The average molecular weight is 227 g/mol. The quantitative estimate of drug-likeness (QED) is 0.713. The molecule has 1 fully saturated rings. The van der Waals surface area contributed by atoms with Gasteiger partial charge in [-0.05, 0) is 13.3 Å². The van der Waals surface area contributed by atoms with Crippen LogP contribution in [0.25, 0.3) is 0 Å². The van der Waals surface area contributed by atoms with Crippen molar-refractivity contribution in [2.45, 2.75) is 19.4 Å². The first-order valence-electron chi connectivity index (χ1n) is 5.25. The minimum Gasteiger partial charge on any atom is -0.445 e. The lowest BCUT2D eigenvalue weighted by molar-refractivity contribution is -0.120. The maximum Gasteiger partial charge on any atom is 0.410 e. The molecule has 1 saturated heterocycles. The Balaban J connectivity index is 2.60. The molecule has 0 saturated carbocycles. The second kappa shape index (κ2) is 5.65. The van der Waals surface area contributed by atoms with Crippen LogP contribution in [0.1, 0.15) is 13.3 Å². The van der Waals surface area contributed by atoms with Gasteiger partial charge >= 0.3 is 6.09 Å². The number of carbonyl (C=O) groups is 2. The van der Waals surface area contributed by atoms with Crippen molar-refractivity contribution in [2.24, 2.45) is 5.92 Å². The molecule has 0 aliphatic carbocycles. The van der Waals surface area contributed by atoms with E-state index in [1.54, 1.807) is 0 Å². The monoisotopic (exact) mass is 227 g/mol. The zero-order valence-corrected chi connectivity index (χ0v) is 9.39. The summed E-state index contributed by atoms with van der Waals surface area (Å²) >= 11 is 0. The summed E-state index contributed by atoms with van der Waals surface area (Å²) < 4.78 is 4.88. The fourth-order valence-electron chi connectivity index (χ4n) is 1.82. The Bertz CT molecular complexity index is 290. The molecular weight excluding hydrogens is 210 g/mol. The molecule has 0 spiro atoms. The number of ether oxygens (including phenoxy) is 1. The molecule has 1 aliphatic heterocycles. The van der Waals surface area contributed by atoms with Crippen molar-refractivity contribution >= 4 is 11.9 Å². The molecule has 5 heteroatoms. The van der Waals surface area contributed by atoms with Crippen molar-refractivity contribution in [1.29, 1.82) is 0 Å². The maximum absolute atomic E-state index is 11.6. The molecule has 0 bridgehead atoms. The van der Waals surface area contributed by atoms with Gasteiger partial charge in [0.05, 0.1) is 12.6 Å². The van der Waals surface area contributed by atoms with Crippen molar-refractivity contribution in [3.8, 4) is 0 Å². The summed E-state index contributed by atoms with van der Waals surface area (Å²) in [7, 11) is 0. The Kier molecular flexibility index (Phi) is 4.49. The Morgan fingerprint density at radius 2 is 2.31 bits per heavy atom. The van der Waals surface area contributed by atoms with Crippen LogP contribution in [0.5, 0.6) is 0 Å². The maximum atomic E-state index is 11.6. The van der Waals surface area contributed by atoms with Gasteiger partial charge in [0, 0.05) is 12.5 Å². The van der Waals surface area contributed by atoms with Crippen molar-refractivity contribution in [3.63, 3.8) is 0 Å². The third-order valence-electron chi connectivity index (χ3n) is 2.76. The largest absolute Gasteiger partial charge is 0.445 e. The second-order valence-electron chi connectivity index (χ2n) is 3.90. The number of hydrogen-bond donors (Lipinski definition) is 1. The van der Waals surface area contributed by atoms with Crippen molar-refractivity contribution in [3.05, 3.63) is 12.7 Å². The molecule has 90 valence electrons. The normalized spacial score (nSPS) is 24.2. The first-order chi connectivity index (χ1) is 7.60. The van der Waals surface area contributed by atoms with Gasteiger partial charge in [0.15, 0.2) is 0 Å². The number of ketones is 1. The predicted octanol–water partition coefficient (Wildman–Crippen LogP) is 0.581. The molecular formula is C11H17NO4. The van der Waals surface area contributed by atoms with Crippen LogP contribution in [0.4, 0.5) is 4.79 Å². The highest BCUT2D eigenvalue weighted by atomic mass is 16.6. The van der Waals surface area contributed by atoms with E-state index in [4.69, 9.17) is 9.84 Å². The van der Waals surface area contributed by atoms with E-state index in [2.05, 4.69) is 6.58 Å². The van der Waals surface area contributed by atoms with Gasteiger partial charge in [0.25, 0.3) is 0 Å². The Morgan fingerprint density at radius 1 is 1.62 bits per heavy atom. The van der Waals surface area contributed by atoms with E-state index in [0.29, 0.717) is 13.0 Å². The Labute approximate surface area is 94.7 Å². The minimum atomic E-state index is -0.497. The van der Waals surface area contributed by atoms with Crippen LogP contribution in [0.15, 0.2) is 12.7 Å². The number of hydrogen-bond acceptors (Lipinski definition) is 4. The molecule has 1 unspecified atom stereocenters. The van der Waals surface area contributed by atoms with Gasteiger partial charge in [-0.2, -0.15) is 0 Å². The summed E-state index contributed by atoms with van der Waals surface area (Å²) in [6, 6.07) is -0.314. The van der Waals surface area contributed by atoms with Crippen LogP contribution in [-0.4, -0.2) is 47.7 Å². The first-order valence-corrected chi connectivity index (χ1v) is 5.25. The molecule has 0 radical (unpaired) electrons. The molecule has 1 aliphatic rings. The van der Waals surface area contributed by atoms with E-state index in [0.717, 1.165) is 0 Å². The molecule has 1 rings (SSSR count). The SMILES string of the molecule is C=CCOC(=O)N1CC(C(C)=O)C[C@H]1CO. The van der Waals surface area contributed by atoms with Crippen LogP contribution < -0.4 is 0 Å². The fraction of sp³-hybridized carbons (Fsp3) is 0.636. The lowest BCUT2D eigenvalue weighted by Gasteiger charge is -2.21. The van der Waals surface area contributed by atoms with Crippen molar-refractivity contribution in [2.75, 3.05) is 19.8 Å². The molecule has 0 aromatic heterocycles.